The van der Waals surface area contributed by atoms with Crippen LogP contribution in [-0.4, -0.2) is 20.7 Å². The SMILES string of the molecule is COc1ccc(N(C)C(CN)c2c(F)cccc2F)cc1. The van der Waals surface area contributed by atoms with Crippen molar-refractivity contribution in [3.05, 3.63) is 59.7 Å². The standard InChI is InChI=1S/C16H18F2N2O/c1-20(11-6-8-12(21-2)9-7-11)15(10-19)16-13(17)4-3-5-14(16)18/h3-9,15H,10,19H2,1-2H3. The van der Waals surface area contributed by atoms with Gasteiger partial charge >= 0.3 is 0 Å². The maximum absolute atomic E-state index is 13.9. The van der Waals surface area contributed by atoms with Gasteiger partial charge in [-0.25, -0.2) is 8.78 Å². The Morgan fingerprint density at radius 1 is 1.10 bits per heavy atom. The van der Waals surface area contributed by atoms with Gasteiger partial charge in [0.25, 0.3) is 0 Å². The van der Waals surface area contributed by atoms with E-state index in [0.29, 0.717) is 5.75 Å². The van der Waals surface area contributed by atoms with Gasteiger partial charge < -0.3 is 15.4 Å². The number of nitrogens with zero attached hydrogens (tertiary/aromatic N) is 1. The molecule has 0 bridgehead atoms. The molecule has 0 saturated heterocycles. The van der Waals surface area contributed by atoms with Gasteiger partial charge in [0, 0.05) is 24.8 Å². The summed E-state index contributed by atoms with van der Waals surface area (Å²) in [5.74, 6) is -0.467. The van der Waals surface area contributed by atoms with Crippen LogP contribution in [0.5, 0.6) is 5.75 Å². The van der Waals surface area contributed by atoms with Crippen LogP contribution >= 0.6 is 0 Å². The summed E-state index contributed by atoms with van der Waals surface area (Å²) in [5, 5.41) is 0. The van der Waals surface area contributed by atoms with Gasteiger partial charge in [-0.05, 0) is 36.4 Å². The molecule has 0 spiro atoms. The molecular formula is C16H18F2N2O. The number of rotatable bonds is 5. The molecule has 0 aliphatic carbocycles. The highest BCUT2D eigenvalue weighted by Crippen LogP contribution is 2.29. The molecule has 0 amide bonds. The molecular weight excluding hydrogens is 274 g/mol. The van der Waals surface area contributed by atoms with Crippen molar-refractivity contribution in [3.8, 4) is 5.75 Å². The Morgan fingerprint density at radius 2 is 1.67 bits per heavy atom. The lowest BCUT2D eigenvalue weighted by atomic mass is 10.0. The van der Waals surface area contributed by atoms with Crippen molar-refractivity contribution in [2.24, 2.45) is 5.73 Å². The molecule has 0 radical (unpaired) electrons. The van der Waals surface area contributed by atoms with Crippen molar-refractivity contribution >= 4 is 5.69 Å². The maximum atomic E-state index is 13.9. The summed E-state index contributed by atoms with van der Waals surface area (Å²) in [4.78, 5) is 1.75. The molecule has 2 rings (SSSR count). The van der Waals surface area contributed by atoms with E-state index in [9.17, 15) is 8.78 Å². The average molecular weight is 292 g/mol. The molecule has 112 valence electrons. The molecule has 2 aromatic rings. The monoisotopic (exact) mass is 292 g/mol. The van der Waals surface area contributed by atoms with Crippen molar-refractivity contribution in [1.29, 1.82) is 0 Å². The fraction of sp³-hybridized carbons (Fsp3) is 0.250. The summed E-state index contributed by atoms with van der Waals surface area (Å²) in [5.41, 5.74) is 6.52. The molecule has 0 saturated carbocycles. The molecule has 0 heterocycles. The molecule has 0 fully saturated rings. The number of ether oxygens (including phenoxy) is 1. The molecule has 0 aliphatic heterocycles. The summed E-state index contributed by atoms with van der Waals surface area (Å²) in [7, 11) is 3.33. The fourth-order valence-corrected chi connectivity index (χ4v) is 2.30. The summed E-state index contributed by atoms with van der Waals surface area (Å²) in [6.45, 7) is 0.0976. The number of methoxy groups -OCH3 is 1. The highest BCUT2D eigenvalue weighted by Gasteiger charge is 2.23. The quantitative estimate of drug-likeness (QED) is 0.920. The largest absolute Gasteiger partial charge is 0.497 e. The molecule has 3 nitrogen and oxygen atoms in total. The first kappa shape index (κ1) is 15.3. The minimum absolute atomic E-state index is 0.0154. The topological polar surface area (TPSA) is 38.5 Å². The van der Waals surface area contributed by atoms with Gasteiger partial charge in [0.15, 0.2) is 0 Å². The van der Waals surface area contributed by atoms with Gasteiger partial charge in [0.1, 0.15) is 17.4 Å². The molecule has 2 N–H and O–H groups in total. The fourth-order valence-electron chi connectivity index (χ4n) is 2.30. The van der Waals surface area contributed by atoms with E-state index in [1.807, 2.05) is 12.1 Å². The van der Waals surface area contributed by atoms with Crippen LogP contribution in [0.4, 0.5) is 14.5 Å². The van der Waals surface area contributed by atoms with Crippen LogP contribution in [0.25, 0.3) is 0 Å². The second-order valence-electron chi connectivity index (χ2n) is 4.70. The van der Waals surface area contributed by atoms with Crippen molar-refractivity contribution in [1.82, 2.24) is 0 Å². The first-order valence-corrected chi connectivity index (χ1v) is 6.59. The Labute approximate surface area is 122 Å². The molecule has 1 atom stereocenters. The highest BCUT2D eigenvalue weighted by molar-refractivity contribution is 5.51. The van der Waals surface area contributed by atoms with Crippen LogP contribution in [0.3, 0.4) is 0 Å². The minimum atomic E-state index is -0.592. The molecule has 0 aliphatic rings. The zero-order valence-electron chi connectivity index (χ0n) is 12.0. The third-order valence-corrected chi connectivity index (χ3v) is 3.50. The van der Waals surface area contributed by atoms with Gasteiger partial charge in [-0.15, -0.1) is 0 Å². The molecule has 21 heavy (non-hydrogen) atoms. The van der Waals surface area contributed by atoms with Crippen LogP contribution in [-0.2, 0) is 0 Å². The van der Waals surface area contributed by atoms with Gasteiger partial charge in [-0.2, -0.15) is 0 Å². The molecule has 5 heteroatoms. The van der Waals surface area contributed by atoms with E-state index < -0.39 is 17.7 Å². The van der Waals surface area contributed by atoms with Crippen molar-refractivity contribution in [3.63, 3.8) is 0 Å². The van der Waals surface area contributed by atoms with Crippen LogP contribution in [0.2, 0.25) is 0 Å². The third-order valence-electron chi connectivity index (χ3n) is 3.50. The van der Waals surface area contributed by atoms with Crippen molar-refractivity contribution < 1.29 is 13.5 Å². The predicted molar refractivity (Wildman–Crippen MR) is 79.6 cm³/mol. The van der Waals surface area contributed by atoms with Gasteiger partial charge in [-0.1, -0.05) is 6.07 Å². The number of benzene rings is 2. The van der Waals surface area contributed by atoms with E-state index in [2.05, 4.69) is 0 Å². The van der Waals surface area contributed by atoms with E-state index in [1.54, 1.807) is 31.2 Å². The Balaban J connectivity index is 2.35. The van der Waals surface area contributed by atoms with E-state index in [1.165, 1.54) is 18.2 Å². The van der Waals surface area contributed by atoms with Crippen LogP contribution < -0.4 is 15.4 Å². The van der Waals surface area contributed by atoms with E-state index in [4.69, 9.17) is 10.5 Å². The van der Waals surface area contributed by atoms with Crippen LogP contribution in [0, 0.1) is 11.6 Å². The zero-order valence-corrected chi connectivity index (χ0v) is 12.0. The summed E-state index contributed by atoms with van der Waals surface area (Å²) in [6, 6.07) is 10.5. The number of hydrogen-bond donors (Lipinski definition) is 1. The summed E-state index contributed by atoms with van der Waals surface area (Å²) >= 11 is 0. The number of nitrogens with two attached hydrogens (primary N) is 1. The molecule has 2 aromatic carbocycles. The van der Waals surface area contributed by atoms with Gasteiger partial charge in [0.05, 0.1) is 13.2 Å². The lowest BCUT2D eigenvalue weighted by Crippen LogP contribution is -2.31. The number of anilines is 1. The van der Waals surface area contributed by atoms with Gasteiger partial charge in [-0.3, -0.25) is 0 Å². The summed E-state index contributed by atoms with van der Waals surface area (Å²) < 4.78 is 33.0. The van der Waals surface area contributed by atoms with Crippen molar-refractivity contribution in [2.75, 3.05) is 25.6 Å². The lowest BCUT2D eigenvalue weighted by molar-refractivity contribution is 0.414. The smallest absolute Gasteiger partial charge is 0.131 e. The Morgan fingerprint density at radius 3 is 2.14 bits per heavy atom. The normalized spacial score (nSPS) is 12.0. The number of halogens is 2. The summed E-state index contributed by atoms with van der Waals surface area (Å²) in [6.07, 6.45) is 0. The number of hydrogen-bond acceptors (Lipinski definition) is 3. The molecule has 0 aromatic heterocycles. The van der Waals surface area contributed by atoms with E-state index in [-0.39, 0.29) is 12.1 Å². The predicted octanol–water partition coefficient (Wildman–Crippen LogP) is 3.11. The molecule has 1 unspecified atom stereocenters. The van der Waals surface area contributed by atoms with Crippen LogP contribution in [0.15, 0.2) is 42.5 Å². The average Bonchev–Trinajstić information content (AvgIpc) is 2.50. The Bertz CT molecular complexity index is 581. The van der Waals surface area contributed by atoms with Crippen LogP contribution in [0.1, 0.15) is 11.6 Å². The Hall–Kier alpha value is -2.14. The number of likely N-dealkylation sites (N-methyl/N-ethyl adjacent to an activating group) is 1. The second kappa shape index (κ2) is 6.54. The van der Waals surface area contributed by atoms with E-state index in [0.717, 1.165) is 5.69 Å². The highest BCUT2D eigenvalue weighted by atomic mass is 19.1. The third kappa shape index (κ3) is 3.13. The maximum Gasteiger partial charge on any atom is 0.131 e. The second-order valence-corrected chi connectivity index (χ2v) is 4.70. The lowest BCUT2D eigenvalue weighted by Gasteiger charge is -2.30. The van der Waals surface area contributed by atoms with E-state index >= 15 is 0 Å². The van der Waals surface area contributed by atoms with Crippen molar-refractivity contribution in [2.45, 2.75) is 6.04 Å². The first-order valence-electron chi connectivity index (χ1n) is 6.59. The Kier molecular flexibility index (Phi) is 4.75. The minimum Gasteiger partial charge on any atom is -0.497 e. The zero-order chi connectivity index (χ0) is 15.4. The first-order chi connectivity index (χ1) is 10.1. The van der Waals surface area contributed by atoms with Gasteiger partial charge in [0.2, 0.25) is 0 Å².